The third-order valence-electron chi connectivity index (χ3n) is 5.24. The smallest absolute Gasteiger partial charge is 0.243 e. The zero-order chi connectivity index (χ0) is 21.0. The molecule has 1 amide bonds. The fraction of sp³-hybridized carbons (Fsp3) is 0.217. The van der Waals surface area contributed by atoms with Crippen LogP contribution in [0.1, 0.15) is 24.0 Å². The molecule has 1 aliphatic heterocycles. The molecule has 0 spiro atoms. The highest BCUT2D eigenvalue weighted by Crippen LogP contribution is 2.27. The second-order valence-corrected chi connectivity index (χ2v) is 9.20. The monoisotopic (exact) mass is 421 g/mol. The summed E-state index contributed by atoms with van der Waals surface area (Å²) in [7, 11) is -3.70. The molecular formula is C23H23N3O3S. The van der Waals surface area contributed by atoms with E-state index in [0.717, 1.165) is 17.5 Å². The number of carbonyl (C=O) groups is 1. The Kier molecular flexibility index (Phi) is 5.92. The van der Waals surface area contributed by atoms with Crippen molar-refractivity contribution in [2.24, 2.45) is 0 Å². The van der Waals surface area contributed by atoms with Gasteiger partial charge in [0.25, 0.3) is 0 Å². The number of pyridine rings is 1. The van der Waals surface area contributed by atoms with Gasteiger partial charge in [-0.3, -0.25) is 9.78 Å². The Hall–Kier alpha value is -3.03. The minimum atomic E-state index is -3.70. The van der Waals surface area contributed by atoms with Crippen LogP contribution in [0.4, 0.5) is 5.69 Å². The number of hydrogen-bond acceptors (Lipinski definition) is 4. The van der Waals surface area contributed by atoms with Gasteiger partial charge >= 0.3 is 0 Å². The Morgan fingerprint density at radius 1 is 0.967 bits per heavy atom. The molecule has 0 bridgehead atoms. The Morgan fingerprint density at radius 3 is 2.33 bits per heavy atom. The van der Waals surface area contributed by atoms with Gasteiger partial charge in [-0.25, -0.2) is 8.42 Å². The molecule has 6 nitrogen and oxygen atoms in total. The quantitative estimate of drug-likeness (QED) is 0.661. The highest BCUT2D eigenvalue weighted by Gasteiger charge is 2.39. The molecule has 30 heavy (non-hydrogen) atoms. The first-order valence-electron chi connectivity index (χ1n) is 9.90. The predicted molar refractivity (Wildman–Crippen MR) is 115 cm³/mol. The van der Waals surface area contributed by atoms with Crippen LogP contribution in [0.3, 0.4) is 0 Å². The SMILES string of the molecule is O=C(Nc1ccc(Cc2ccncc2)cc1)[C@@H]1CCCN1S(=O)(=O)c1ccccc1. The maximum atomic E-state index is 13.0. The summed E-state index contributed by atoms with van der Waals surface area (Å²) >= 11 is 0. The lowest BCUT2D eigenvalue weighted by molar-refractivity contribution is -0.119. The van der Waals surface area contributed by atoms with Gasteiger partial charge in [-0.1, -0.05) is 30.3 Å². The number of hydrogen-bond donors (Lipinski definition) is 1. The van der Waals surface area contributed by atoms with Gasteiger partial charge < -0.3 is 5.32 Å². The molecule has 1 N–H and O–H groups in total. The number of sulfonamides is 1. The highest BCUT2D eigenvalue weighted by molar-refractivity contribution is 7.89. The van der Waals surface area contributed by atoms with Crippen molar-refractivity contribution < 1.29 is 13.2 Å². The maximum Gasteiger partial charge on any atom is 0.243 e. The van der Waals surface area contributed by atoms with Crippen LogP contribution in [0.25, 0.3) is 0 Å². The van der Waals surface area contributed by atoms with Crippen LogP contribution >= 0.6 is 0 Å². The number of benzene rings is 2. The van der Waals surface area contributed by atoms with Crippen molar-refractivity contribution in [1.82, 2.24) is 9.29 Å². The van der Waals surface area contributed by atoms with Crippen molar-refractivity contribution in [3.05, 3.63) is 90.3 Å². The second-order valence-electron chi connectivity index (χ2n) is 7.31. The van der Waals surface area contributed by atoms with Crippen LogP contribution in [0.15, 0.2) is 84.0 Å². The molecule has 0 saturated carbocycles. The summed E-state index contributed by atoms with van der Waals surface area (Å²) in [5.74, 6) is -0.297. The number of amides is 1. The van der Waals surface area contributed by atoms with Crippen molar-refractivity contribution in [2.45, 2.75) is 30.2 Å². The predicted octanol–water partition coefficient (Wildman–Crippen LogP) is 3.46. The van der Waals surface area contributed by atoms with E-state index in [9.17, 15) is 13.2 Å². The molecule has 1 aliphatic rings. The molecule has 0 aliphatic carbocycles. The standard InChI is InChI=1S/C23H23N3O3S/c27-23(22-7-4-16-26(22)30(28,29)21-5-2-1-3-6-21)25-20-10-8-18(9-11-20)17-19-12-14-24-15-13-19/h1-3,5-6,8-15,22H,4,7,16-17H2,(H,25,27)/t22-/m0/s1. The molecule has 7 heteroatoms. The number of carbonyl (C=O) groups excluding carboxylic acids is 1. The van der Waals surface area contributed by atoms with Crippen LogP contribution in [-0.4, -0.2) is 36.2 Å². The van der Waals surface area contributed by atoms with E-state index in [-0.39, 0.29) is 10.8 Å². The molecule has 1 fully saturated rings. The van der Waals surface area contributed by atoms with E-state index >= 15 is 0 Å². The molecule has 0 unspecified atom stereocenters. The molecule has 154 valence electrons. The van der Waals surface area contributed by atoms with E-state index in [2.05, 4.69) is 10.3 Å². The fourth-order valence-corrected chi connectivity index (χ4v) is 5.36. The first kappa shape index (κ1) is 20.3. The van der Waals surface area contributed by atoms with Gasteiger partial charge in [0.2, 0.25) is 15.9 Å². The summed E-state index contributed by atoms with van der Waals surface area (Å²) < 4.78 is 27.2. The lowest BCUT2D eigenvalue weighted by Crippen LogP contribution is -2.43. The molecule has 1 saturated heterocycles. The second kappa shape index (κ2) is 8.77. The lowest BCUT2D eigenvalue weighted by atomic mass is 10.1. The zero-order valence-electron chi connectivity index (χ0n) is 16.4. The summed E-state index contributed by atoms with van der Waals surface area (Å²) in [6, 6.07) is 19.1. The number of nitrogens with one attached hydrogen (secondary N) is 1. The molecule has 1 atom stereocenters. The molecule has 0 radical (unpaired) electrons. The summed E-state index contributed by atoms with van der Waals surface area (Å²) in [6.07, 6.45) is 5.48. The largest absolute Gasteiger partial charge is 0.325 e. The van der Waals surface area contributed by atoms with Crippen molar-refractivity contribution in [3.8, 4) is 0 Å². The van der Waals surface area contributed by atoms with Gasteiger partial charge in [-0.15, -0.1) is 0 Å². The molecule has 3 aromatic rings. The van der Waals surface area contributed by atoms with Crippen LogP contribution in [0.5, 0.6) is 0 Å². The van der Waals surface area contributed by atoms with E-state index in [0.29, 0.717) is 25.1 Å². The zero-order valence-corrected chi connectivity index (χ0v) is 17.3. The van der Waals surface area contributed by atoms with E-state index in [1.54, 1.807) is 42.7 Å². The fourth-order valence-electron chi connectivity index (χ4n) is 3.69. The summed E-state index contributed by atoms with van der Waals surface area (Å²) in [5, 5.41) is 2.87. The topological polar surface area (TPSA) is 79.4 Å². The number of anilines is 1. The molecule has 4 rings (SSSR count). The van der Waals surface area contributed by atoms with Gasteiger partial charge in [0.15, 0.2) is 0 Å². The first-order chi connectivity index (χ1) is 14.5. The van der Waals surface area contributed by atoms with Crippen LogP contribution in [0.2, 0.25) is 0 Å². The lowest BCUT2D eigenvalue weighted by Gasteiger charge is -2.23. The van der Waals surface area contributed by atoms with Gasteiger partial charge in [0.05, 0.1) is 4.90 Å². The Morgan fingerprint density at radius 2 is 1.63 bits per heavy atom. The molecule has 2 aromatic carbocycles. The van der Waals surface area contributed by atoms with Crippen LogP contribution < -0.4 is 5.32 Å². The normalized spacial score (nSPS) is 17.0. The van der Waals surface area contributed by atoms with E-state index in [1.165, 1.54) is 4.31 Å². The highest BCUT2D eigenvalue weighted by atomic mass is 32.2. The van der Waals surface area contributed by atoms with Crippen molar-refractivity contribution in [3.63, 3.8) is 0 Å². The Balaban J connectivity index is 1.44. The number of nitrogens with zero attached hydrogens (tertiary/aromatic N) is 2. The van der Waals surface area contributed by atoms with Crippen molar-refractivity contribution in [2.75, 3.05) is 11.9 Å². The van der Waals surface area contributed by atoms with Crippen LogP contribution in [-0.2, 0) is 21.2 Å². The van der Waals surface area contributed by atoms with E-state index in [1.807, 2.05) is 36.4 Å². The van der Waals surface area contributed by atoms with E-state index in [4.69, 9.17) is 0 Å². The summed E-state index contributed by atoms with van der Waals surface area (Å²) in [4.78, 5) is 17.1. The maximum absolute atomic E-state index is 13.0. The van der Waals surface area contributed by atoms with Gasteiger partial charge in [-0.2, -0.15) is 4.31 Å². The average molecular weight is 422 g/mol. The van der Waals surface area contributed by atoms with Gasteiger partial charge in [-0.05, 0) is 66.8 Å². The molecular weight excluding hydrogens is 398 g/mol. The third kappa shape index (κ3) is 4.42. The minimum Gasteiger partial charge on any atom is -0.325 e. The molecule has 2 heterocycles. The number of aromatic nitrogens is 1. The van der Waals surface area contributed by atoms with Crippen molar-refractivity contribution in [1.29, 1.82) is 0 Å². The Bertz CT molecular complexity index is 1100. The molecule has 1 aromatic heterocycles. The van der Waals surface area contributed by atoms with Gasteiger partial charge in [0, 0.05) is 24.6 Å². The summed E-state index contributed by atoms with van der Waals surface area (Å²) in [6.45, 7) is 0.347. The first-order valence-corrected chi connectivity index (χ1v) is 11.3. The minimum absolute atomic E-state index is 0.213. The third-order valence-corrected chi connectivity index (χ3v) is 7.16. The summed E-state index contributed by atoms with van der Waals surface area (Å²) in [5.41, 5.74) is 2.94. The number of rotatable bonds is 6. The van der Waals surface area contributed by atoms with E-state index < -0.39 is 16.1 Å². The Labute approximate surface area is 176 Å². The van der Waals surface area contributed by atoms with Crippen molar-refractivity contribution >= 4 is 21.6 Å². The van der Waals surface area contributed by atoms with Gasteiger partial charge in [0.1, 0.15) is 6.04 Å². The van der Waals surface area contributed by atoms with Crippen LogP contribution in [0, 0.1) is 0 Å². The average Bonchev–Trinajstić information content (AvgIpc) is 3.28.